The monoisotopic (exact) mass is 405 g/mol. The van der Waals surface area contributed by atoms with Crippen molar-refractivity contribution in [2.75, 3.05) is 14.1 Å². The molecule has 0 fully saturated rings. The number of aryl methyl sites for hydroxylation is 1. The van der Waals surface area contributed by atoms with E-state index in [-0.39, 0.29) is 0 Å². The first-order valence-corrected chi connectivity index (χ1v) is 8.07. The van der Waals surface area contributed by atoms with Crippen molar-refractivity contribution in [1.82, 2.24) is 25.7 Å². The van der Waals surface area contributed by atoms with Gasteiger partial charge in [-0.1, -0.05) is 6.08 Å². The molecule has 0 aliphatic heterocycles. The quantitative estimate of drug-likeness (QED) is 0.611. The Bertz CT molecular complexity index is 775. The van der Waals surface area contributed by atoms with Crippen LogP contribution < -0.4 is 16.0 Å². The number of carbonyl (C=O) groups excluding carboxylic acids is 3. The molecule has 2 unspecified atom stereocenters. The molecular weight excluding hydrogens is 383 g/mol. The Morgan fingerprint density at radius 2 is 1.86 bits per heavy atom. The lowest BCUT2D eigenvalue weighted by molar-refractivity contribution is -0.141. The zero-order valence-electron chi connectivity index (χ0n) is 16.0. The molecule has 0 saturated carbocycles. The van der Waals surface area contributed by atoms with Crippen LogP contribution in [0.1, 0.15) is 29.9 Å². The summed E-state index contributed by atoms with van der Waals surface area (Å²) >= 11 is 0. The van der Waals surface area contributed by atoms with Gasteiger partial charge in [0.2, 0.25) is 5.91 Å². The van der Waals surface area contributed by atoms with Gasteiger partial charge in [0.05, 0.1) is 5.56 Å². The third kappa shape index (κ3) is 5.24. The minimum atomic E-state index is -4.87. The molecule has 0 radical (unpaired) electrons. The largest absolute Gasteiger partial charge is 0.436 e. The van der Waals surface area contributed by atoms with Crippen LogP contribution in [0.3, 0.4) is 0 Å². The standard InChI is InChI=1S/C16H22F3N5O4/c1-6-7-15(2,28-14(27)21-4)11(13(26)20-3)22-12(25)9-8-24(5)23-10(9)16(17,18)19/h6-8,11H,1-5H3,(H,20,26)(H,21,27)(H,22,25). The number of nitrogens with zero attached hydrogens (tertiary/aromatic N) is 2. The molecule has 1 heterocycles. The van der Waals surface area contributed by atoms with Gasteiger partial charge in [-0.25, -0.2) is 4.79 Å². The zero-order valence-corrected chi connectivity index (χ0v) is 16.0. The number of likely N-dealkylation sites (N-methyl/N-ethyl adjacent to an activating group) is 1. The number of ether oxygens (including phenoxy) is 1. The maximum Gasteiger partial charge on any atom is 0.435 e. The fraction of sp³-hybridized carbons (Fsp3) is 0.500. The van der Waals surface area contributed by atoms with Gasteiger partial charge in [-0.3, -0.25) is 14.3 Å². The SMILES string of the molecule is CC=CC(C)(OC(=O)NC)C(NC(=O)c1cn(C)nc1C(F)(F)F)C(=O)NC. The molecule has 3 amide bonds. The van der Waals surface area contributed by atoms with Crippen molar-refractivity contribution in [1.29, 1.82) is 0 Å². The van der Waals surface area contributed by atoms with Crippen molar-refractivity contribution in [2.24, 2.45) is 7.05 Å². The molecule has 12 heteroatoms. The minimum absolute atomic E-state index is 0.772. The summed E-state index contributed by atoms with van der Waals surface area (Å²) < 4.78 is 45.4. The van der Waals surface area contributed by atoms with Crippen LogP contribution in [0.5, 0.6) is 0 Å². The Hall–Kier alpha value is -3.05. The Kier molecular flexibility index (Phi) is 7.19. The second-order valence-corrected chi connectivity index (χ2v) is 5.91. The second-order valence-electron chi connectivity index (χ2n) is 5.91. The number of alkyl halides is 3. The molecule has 9 nitrogen and oxygen atoms in total. The van der Waals surface area contributed by atoms with Crippen LogP contribution in [-0.2, 0) is 22.8 Å². The molecular formula is C16H22F3N5O4. The molecule has 156 valence electrons. The van der Waals surface area contributed by atoms with E-state index in [1.165, 1.54) is 40.2 Å². The Balaban J connectivity index is 3.35. The molecule has 0 aliphatic carbocycles. The summed E-state index contributed by atoms with van der Waals surface area (Å²) in [7, 11) is 3.78. The van der Waals surface area contributed by atoms with Crippen LogP contribution in [0.2, 0.25) is 0 Å². The van der Waals surface area contributed by atoms with Crippen molar-refractivity contribution >= 4 is 17.9 Å². The number of hydrogen-bond donors (Lipinski definition) is 3. The number of alkyl carbamates (subject to hydrolysis) is 1. The summed E-state index contributed by atoms with van der Waals surface area (Å²) in [5, 5.41) is 9.95. The number of rotatable bonds is 6. The highest BCUT2D eigenvalue weighted by molar-refractivity contribution is 5.99. The maximum atomic E-state index is 13.1. The van der Waals surface area contributed by atoms with E-state index in [9.17, 15) is 27.6 Å². The summed E-state index contributed by atoms with van der Waals surface area (Å²) in [6.07, 6.45) is -2.10. The number of carbonyl (C=O) groups is 3. The van der Waals surface area contributed by atoms with Gasteiger partial charge >= 0.3 is 12.3 Å². The van der Waals surface area contributed by atoms with E-state index in [1.807, 2.05) is 0 Å². The summed E-state index contributed by atoms with van der Waals surface area (Å²) in [5.74, 6) is -1.99. The molecule has 28 heavy (non-hydrogen) atoms. The maximum absolute atomic E-state index is 13.1. The fourth-order valence-corrected chi connectivity index (χ4v) is 2.46. The number of halogens is 3. The number of nitrogens with one attached hydrogen (secondary N) is 3. The molecule has 1 aromatic rings. The van der Waals surface area contributed by atoms with E-state index in [2.05, 4.69) is 21.0 Å². The van der Waals surface area contributed by atoms with Gasteiger partial charge in [-0.2, -0.15) is 18.3 Å². The Labute approximate surface area is 159 Å². The van der Waals surface area contributed by atoms with Gasteiger partial charge in [-0.15, -0.1) is 0 Å². The highest BCUT2D eigenvalue weighted by atomic mass is 19.4. The number of aromatic nitrogens is 2. The van der Waals surface area contributed by atoms with E-state index in [0.29, 0.717) is 0 Å². The summed E-state index contributed by atoms with van der Waals surface area (Å²) in [4.78, 5) is 36.6. The van der Waals surface area contributed by atoms with Crippen LogP contribution in [0.4, 0.5) is 18.0 Å². The summed E-state index contributed by atoms with van der Waals surface area (Å²) in [6.45, 7) is 2.91. The first kappa shape index (κ1) is 23.0. The lowest BCUT2D eigenvalue weighted by atomic mass is 9.94. The van der Waals surface area contributed by atoms with Gasteiger partial charge < -0.3 is 20.7 Å². The van der Waals surface area contributed by atoms with Gasteiger partial charge in [-0.05, 0) is 19.9 Å². The third-order valence-electron chi connectivity index (χ3n) is 3.71. The van der Waals surface area contributed by atoms with E-state index < -0.39 is 47.0 Å². The predicted octanol–water partition coefficient (Wildman–Crippen LogP) is 0.974. The van der Waals surface area contributed by atoms with Crippen LogP contribution in [0.25, 0.3) is 0 Å². The number of hydrogen-bond acceptors (Lipinski definition) is 5. The van der Waals surface area contributed by atoms with Crippen molar-refractivity contribution in [2.45, 2.75) is 31.7 Å². The van der Waals surface area contributed by atoms with Crippen molar-refractivity contribution in [3.63, 3.8) is 0 Å². The van der Waals surface area contributed by atoms with Gasteiger partial charge in [0, 0.05) is 27.3 Å². The third-order valence-corrected chi connectivity index (χ3v) is 3.71. The molecule has 1 aromatic heterocycles. The second kappa shape index (κ2) is 8.76. The van der Waals surface area contributed by atoms with E-state index in [0.717, 1.165) is 10.9 Å². The predicted molar refractivity (Wildman–Crippen MR) is 92.3 cm³/mol. The first-order chi connectivity index (χ1) is 12.9. The molecule has 0 aromatic carbocycles. The fourth-order valence-electron chi connectivity index (χ4n) is 2.46. The van der Waals surface area contributed by atoms with Gasteiger partial charge in [0.15, 0.2) is 17.3 Å². The van der Waals surface area contributed by atoms with Crippen molar-refractivity contribution in [3.8, 4) is 0 Å². The number of amides is 3. The normalized spacial score (nSPS) is 14.9. The summed E-state index contributed by atoms with van der Waals surface area (Å²) in [5.41, 5.74) is -3.86. The Morgan fingerprint density at radius 1 is 1.25 bits per heavy atom. The molecule has 2 atom stereocenters. The average molecular weight is 405 g/mol. The van der Waals surface area contributed by atoms with Crippen LogP contribution >= 0.6 is 0 Å². The lowest BCUT2D eigenvalue weighted by Crippen LogP contribution is -2.60. The van der Waals surface area contributed by atoms with E-state index in [4.69, 9.17) is 4.74 Å². The lowest BCUT2D eigenvalue weighted by Gasteiger charge is -2.33. The van der Waals surface area contributed by atoms with Gasteiger partial charge in [0.1, 0.15) is 0 Å². The molecule has 3 N–H and O–H groups in total. The number of allylic oxidation sites excluding steroid dienone is 1. The van der Waals surface area contributed by atoms with Crippen LogP contribution in [0.15, 0.2) is 18.3 Å². The molecule has 1 rings (SSSR count). The highest BCUT2D eigenvalue weighted by Crippen LogP contribution is 2.31. The molecule has 0 aliphatic rings. The summed E-state index contributed by atoms with van der Waals surface area (Å²) in [6, 6.07) is -1.53. The molecule has 0 spiro atoms. The highest BCUT2D eigenvalue weighted by Gasteiger charge is 2.44. The van der Waals surface area contributed by atoms with E-state index >= 15 is 0 Å². The zero-order chi connectivity index (χ0) is 21.7. The Morgan fingerprint density at radius 3 is 2.32 bits per heavy atom. The average Bonchev–Trinajstić information content (AvgIpc) is 3.01. The van der Waals surface area contributed by atoms with Crippen LogP contribution in [-0.4, -0.2) is 53.4 Å². The topological polar surface area (TPSA) is 114 Å². The van der Waals surface area contributed by atoms with Crippen molar-refractivity contribution < 1.29 is 32.3 Å². The molecule has 0 saturated heterocycles. The van der Waals surface area contributed by atoms with Crippen LogP contribution in [0, 0.1) is 0 Å². The minimum Gasteiger partial charge on any atom is -0.436 e. The first-order valence-electron chi connectivity index (χ1n) is 8.07. The van der Waals surface area contributed by atoms with E-state index in [1.54, 1.807) is 6.92 Å². The molecule has 0 bridgehead atoms. The van der Waals surface area contributed by atoms with Crippen molar-refractivity contribution in [3.05, 3.63) is 29.6 Å². The smallest absolute Gasteiger partial charge is 0.435 e. The van der Waals surface area contributed by atoms with Gasteiger partial charge in [0.25, 0.3) is 5.91 Å².